The van der Waals surface area contributed by atoms with Crippen molar-refractivity contribution in [1.82, 2.24) is 20.6 Å². The minimum Gasteiger partial charge on any atom is -0.496 e. The lowest BCUT2D eigenvalue weighted by Crippen LogP contribution is -2.04. The van der Waals surface area contributed by atoms with E-state index in [1.807, 2.05) is 6.92 Å². The summed E-state index contributed by atoms with van der Waals surface area (Å²) >= 11 is 0. The Morgan fingerprint density at radius 1 is 1.32 bits per heavy atom. The van der Waals surface area contributed by atoms with Gasteiger partial charge < -0.3 is 9.15 Å². The van der Waals surface area contributed by atoms with Crippen molar-refractivity contribution in [3.05, 3.63) is 34.2 Å². The molecule has 7 heteroatoms. The zero-order chi connectivity index (χ0) is 13.4. The molecule has 1 N–H and O–H groups in total. The summed E-state index contributed by atoms with van der Waals surface area (Å²) in [5.41, 5.74) is 1.15. The van der Waals surface area contributed by atoms with Crippen LogP contribution in [0.1, 0.15) is 5.56 Å². The Morgan fingerprint density at radius 2 is 2.16 bits per heavy atom. The second kappa shape index (κ2) is 4.20. The predicted molar refractivity (Wildman–Crippen MR) is 66.9 cm³/mol. The maximum atomic E-state index is 11.9. The van der Waals surface area contributed by atoms with Crippen LogP contribution in [-0.4, -0.2) is 27.7 Å². The second-order valence-corrected chi connectivity index (χ2v) is 4.04. The summed E-state index contributed by atoms with van der Waals surface area (Å²) in [6.07, 6.45) is 0. The van der Waals surface area contributed by atoms with Gasteiger partial charge in [0.1, 0.15) is 16.9 Å². The topological polar surface area (TPSA) is 93.9 Å². The summed E-state index contributed by atoms with van der Waals surface area (Å²) in [5.74, 6) is 0.926. The first-order valence-corrected chi connectivity index (χ1v) is 5.55. The average Bonchev–Trinajstić information content (AvgIpc) is 2.91. The number of rotatable bonds is 2. The van der Waals surface area contributed by atoms with Crippen molar-refractivity contribution in [2.45, 2.75) is 6.92 Å². The van der Waals surface area contributed by atoms with E-state index >= 15 is 0 Å². The number of ether oxygens (including phenoxy) is 1. The highest BCUT2D eigenvalue weighted by atomic mass is 16.5. The maximum absolute atomic E-state index is 11.9. The number of tetrazole rings is 1. The standard InChI is InChI=1S/C12H10N4O3/c1-6-3-10-7(5-9(6)18-2)4-8(12(17)19-10)11-13-15-16-14-11/h3-5H,1-2H3,(H,13,14,15,16). The van der Waals surface area contributed by atoms with E-state index in [0.717, 1.165) is 16.7 Å². The molecule has 0 amide bonds. The fraction of sp³-hybridized carbons (Fsp3) is 0.167. The Kier molecular flexibility index (Phi) is 2.52. The predicted octanol–water partition coefficient (Wildman–Crippen LogP) is 1.29. The summed E-state index contributed by atoms with van der Waals surface area (Å²) < 4.78 is 10.5. The Hall–Kier alpha value is -2.70. The quantitative estimate of drug-likeness (QED) is 0.696. The minimum atomic E-state index is -0.501. The van der Waals surface area contributed by atoms with E-state index < -0.39 is 5.63 Å². The molecule has 1 aromatic carbocycles. The number of aryl methyl sites for hydroxylation is 1. The Morgan fingerprint density at radius 3 is 2.84 bits per heavy atom. The van der Waals surface area contributed by atoms with Gasteiger partial charge in [0.2, 0.25) is 5.82 Å². The third-order valence-corrected chi connectivity index (χ3v) is 2.84. The fourth-order valence-electron chi connectivity index (χ4n) is 1.90. The first-order chi connectivity index (χ1) is 9.19. The lowest BCUT2D eigenvalue weighted by Gasteiger charge is -2.06. The van der Waals surface area contributed by atoms with Crippen LogP contribution in [0.25, 0.3) is 22.4 Å². The molecule has 3 rings (SSSR count). The molecule has 0 saturated heterocycles. The number of H-pyrrole nitrogens is 1. The van der Waals surface area contributed by atoms with Gasteiger partial charge in [0.05, 0.1) is 7.11 Å². The number of hydrogen-bond acceptors (Lipinski definition) is 6. The summed E-state index contributed by atoms with van der Waals surface area (Å²) in [5, 5.41) is 14.0. The molecule has 0 radical (unpaired) electrons. The number of fused-ring (bicyclic) bond motifs is 1. The fourth-order valence-corrected chi connectivity index (χ4v) is 1.90. The highest BCUT2D eigenvalue weighted by Gasteiger charge is 2.13. The van der Waals surface area contributed by atoms with Gasteiger partial charge in [-0.2, -0.15) is 5.21 Å². The van der Waals surface area contributed by atoms with E-state index in [9.17, 15) is 4.79 Å². The van der Waals surface area contributed by atoms with Gasteiger partial charge in [0.15, 0.2) is 0 Å². The number of nitrogens with zero attached hydrogens (tertiary/aromatic N) is 3. The summed E-state index contributed by atoms with van der Waals surface area (Å²) in [6.45, 7) is 1.88. The zero-order valence-electron chi connectivity index (χ0n) is 10.3. The van der Waals surface area contributed by atoms with E-state index in [1.54, 1.807) is 25.3 Å². The van der Waals surface area contributed by atoms with Crippen LogP contribution in [0.15, 0.2) is 27.4 Å². The molecule has 0 spiro atoms. The van der Waals surface area contributed by atoms with E-state index in [-0.39, 0.29) is 11.4 Å². The Bertz CT molecular complexity index is 793. The average molecular weight is 258 g/mol. The van der Waals surface area contributed by atoms with Crippen molar-refractivity contribution in [3.8, 4) is 17.1 Å². The number of benzene rings is 1. The molecule has 0 saturated carbocycles. The SMILES string of the molecule is COc1cc2cc(-c3nn[nH]n3)c(=O)oc2cc1C. The highest BCUT2D eigenvalue weighted by molar-refractivity contribution is 5.82. The van der Waals surface area contributed by atoms with Crippen LogP contribution in [0.3, 0.4) is 0 Å². The third-order valence-electron chi connectivity index (χ3n) is 2.84. The van der Waals surface area contributed by atoms with Crippen LogP contribution in [0.4, 0.5) is 0 Å². The number of aromatic nitrogens is 4. The van der Waals surface area contributed by atoms with Gasteiger partial charge in [0.25, 0.3) is 0 Å². The first-order valence-electron chi connectivity index (χ1n) is 5.55. The summed E-state index contributed by atoms with van der Waals surface area (Å²) in [7, 11) is 1.59. The molecule has 0 bridgehead atoms. The van der Waals surface area contributed by atoms with Crippen molar-refractivity contribution < 1.29 is 9.15 Å². The second-order valence-electron chi connectivity index (χ2n) is 4.04. The summed E-state index contributed by atoms with van der Waals surface area (Å²) in [4.78, 5) is 11.9. The van der Waals surface area contributed by atoms with Gasteiger partial charge in [-0.1, -0.05) is 0 Å². The number of hydrogen-bond donors (Lipinski definition) is 1. The van der Waals surface area contributed by atoms with Crippen LogP contribution in [-0.2, 0) is 0 Å². The van der Waals surface area contributed by atoms with E-state index in [4.69, 9.17) is 9.15 Å². The molecule has 7 nitrogen and oxygen atoms in total. The van der Waals surface area contributed by atoms with Crippen molar-refractivity contribution in [2.24, 2.45) is 0 Å². The van der Waals surface area contributed by atoms with E-state index in [0.29, 0.717) is 5.58 Å². The minimum absolute atomic E-state index is 0.204. The first kappa shape index (κ1) is 11.4. The molecule has 2 aromatic heterocycles. The number of aromatic amines is 1. The Labute approximate surface area is 107 Å². The molecule has 3 aromatic rings. The molecule has 19 heavy (non-hydrogen) atoms. The molecule has 0 unspecified atom stereocenters. The van der Waals surface area contributed by atoms with Crippen LogP contribution < -0.4 is 10.4 Å². The van der Waals surface area contributed by atoms with E-state index in [1.165, 1.54) is 0 Å². The summed E-state index contributed by atoms with van der Waals surface area (Å²) in [6, 6.07) is 5.22. The van der Waals surface area contributed by atoms with Gasteiger partial charge in [-0.05, 0) is 35.9 Å². The largest absolute Gasteiger partial charge is 0.496 e. The Balaban J connectivity index is 2.30. The van der Waals surface area contributed by atoms with Crippen molar-refractivity contribution in [3.63, 3.8) is 0 Å². The highest BCUT2D eigenvalue weighted by Crippen LogP contribution is 2.26. The number of methoxy groups -OCH3 is 1. The zero-order valence-corrected chi connectivity index (χ0v) is 10.3. The van der Waals surface area contributed by atoms with E-state index in [2.05, 4.69) is 20.6 Å². The maximum Gasteiger partial charge on any atom is 0.347 e. The molecule has 0 aliphatic heterocycles. The molecule has 0 aliphatic rings. The molecule has 2 heterocycles. The van der Waals surface area contributed by atoms with Gasteiger partial charge >= 0.3 is 5.63 Å². The third kappa shape index (κ3) is 1.85. The van der Waals surface area contributed by atoms with Gasteiger partial charge in [-0.3, -0.25) is 0 Å². The monoisotopic (exact) mass is 258 g/mol. The van der Waals surface area contributed by atoms with Crippen LogP contribution in [0.2, 0.25) is 0 Å². The van der Waals surface area contributed by atoms with Gasteiger partial charge in [-0.15, -0.1) is 10.2 Å². The molecular weight excluding hydrogens is 248 g/mol. The number of nitrogens with one attached hydrogen (secondary N) is 1. The normalized spacial score (nSPS) is 10.8. The van der Waals surface area contributed by atoms with Crippen molar-refractivity contribution >= 4 is 11.0 Å². The smallest absolute Gasteiger partial charge is 0.347 e. The van der Waals surface area contributed by atoms with Crippen LogP contribution in [0.5, 0.6) is 5.75 Å². The van der Waals surface area contributed by atoms with Gasteiger partial charge in [-0.25, -0.2) is 4.79 Å². The lowest BCUT2D eigenvalue weighted by atomic mass is 10.1. The van der Waals surface area contributed by atoms with Crippen LogP contribution >= 0.6 is 0 Å². The molecule has 0 atom stereocenters. The van der Waals surface area contributed by atoms with Crippen molar-refractivity contribution in [2.75, 3.05) is 7.11 Å². The molecule has 0 aliphatic carbocycles. The molecular formula is C12H10N4O3. The molecule has 96 valence electrons. The van der Waals surface area contributed by atoms with Gasteiger partial charge in [0, 0.05) is 5.39 Å². The molecule has 0 fully saturated rings. The van der Waals surface area contributed by atoms with Crippen molar-refractivity contribution in [1.29, 1.82) is 0 Å². The van der Waals surface area contributed by atoms with Crippen LogP contribution in [0, 0.1) is 6.92 Å². The lowest BCUT2D eigenvalue weighted by molar-refractivity contribution is 0.412.